The first-order chi connectivity index (χ1) is 10.8. The Morgan fingerprint density at radius 1 is 1.26 bits per heavy atom. The van der Waals surface area contributed by atoms with Crippen molar-refractivity contribution in [3.63, 3.8) is 0 Å². The predicted octanol–water partition coefficient (Wildman–Crippen LogP) is 0.789. The van der Waals surface area contributed by atoms with Crippen LogP contribution >= 0.6 is 0 Å². The van der Waals surface area contributed by atoms with Crippen molar-refractivity contribution in [2.24, 2.45) is 0 Å². The molecule has 128 valence electrons. The van der Waals surface area contributed by atoms with Gasteiger partial charge in [-0.15, -0.1) is 0 Å². The third-order valence-corrected chi connectivity index (χ3v) is 5.00. The lowest BCUT2D eigenvalue weighted by Gasteiger charge is -2.38. The van der Waals surface area contributed by atoms with Gasteiger partial charge in [-0.3, -0.25) is 4.79 Å². The van der Waals surface area contributed by atoms with Crippen LogP contribution in [0.15, 0.2) is 30.3 Å². The number of benzene rings is 1. The summed E-state index contributed by atoms with van der Waals surface area (Å²) >= 11 is 0. The van der Waals surface area contributed by atoms with Crippen LogP contribution in [0.4, 0.5) is 0 Å². The zero-order valence-electron chi connectivity index (χ0n) is 13.5. The Morgan fingerprint density at radius 3 is 2.43 bits per heavy atom. The predicted molar refractivity (Wildman–Crippen MR) is 88.6 cm³/mol. The summed E-state index contributed by atoms with van der Waals surface area (Å²) in [5, 5.41) is 2.89. The number of carbonyl (C=O) groups excluding carboxylic acids is 1. The molecule has 1 saturated heterocycles. The fourth-order valence-electron chi connectivity index (χ4n) is 2.91. The molecule has 1 aromatic rings. The van der Waals surface area contributed by atoms with Crippen molar-refractivity contribution in [1.82, 2.24) is 10.0 Å². The Morgan fingerprint density at radius 2 is 1.87 bits per heavy atom. The van der Waals surface area contributed by atoms with Crippen molar-refractivity contribution < 1.29 is 17.9 Å². The Hall–Kier alpha value is -1.44. The molecule has 2 rings (SSSR count). The quantitative estimate of drug-likeness (QED) is 0.802. The molecule has 2 N–H and O–H groups in total. The second kappa shape index (κ2) is 7.42. The lowest BCUT2D eigenvalue weighted by molar-refractivity contribution is -0.122. The van der Waals surface area contributed by atoms with E-state index in [0.717, 1.165) is 19.1 Å². The Bertz CT molecular complexity index is 625. The zero-order chi connectivity index (χ0) is 16.9. The van der Waals surface area contributed by atoms with Gasteiger partial charge >= 0.3 is 0 Å². The number of sulfonamides is 1. The van der Waals surface area contributed by atoms with Crippen LogP contribution < -0.4 is 10.0 Å². The minimum Gasteiger partial charge on any atom is -0.381 e. The first kappa shape index (κ1) is 17.9. The summed E-state index contributed by atoms with van der Waals surface area (Å²) in [5.74, 6) is -0.322. The van der Waals surface area contributed by atoms with Gasteiger partial charge in [0.25, 0.3) is 0 Å². The smallest absolute Gasteiger partial charge is 0.237 e. The van der Waals surface area contributed by atoms with Crippen molar-refractivity contribution in [1.29, 1.82) is 0 Å². The molecular weight excluding hydrogens is 316 g/mol. The largest absolute Gasteiger partial charge is 0.381 e. The fourth-order valence-corrected chi connectivity index (χ4v) is 3.65. The van der Waals surface area contributed by atoms with Crippen LogP contribution in [-0.4, -0.2) is 46.4 Å². The second-order valence-electron chi connectivity index (χ2n) is 6.09. The third kappa shape index (κ3) is 5.02. The highest BCUT2D eigenvalue weighted by Crippen LogP contribution is 2.34. The number of ether oxygens (including phenoxy) is 1. The highest BCUT2D eigenvalue weighted by Gasteiger charge is 2.35. The summed E-state index contributed by atoms with van der Waals surface area (Å²) in [7, 11) is -3.41. The Balaban J connectivity index is 2.06. The van der Waals surface area contributed by atoms with Crippen molar-refractivity contribution in [3.8, 4) is 0 Å². The van der Waals surface area contributed by atoms with Crippen molar-refractivity contribution in [3.05, 3.63) is 35.9 Å². The molecule has 0 bridgehead atoms. The van der Waals surface area contributed by atoms with Crippen LogP contribution in [0, 0.1) is 0 Å². The molecule has 0 spiro atoms. The van der Waals surface area contributed by atoms with E-state index < -0.39 is 16.1 Å². The number of nitrogens with one attached hydrogen (secondary N) is 2. The van der Waals surface area contributed by atoms with Crippen LogP contribution in [0.25, 0.3) is 0 Å². The van der Waals surface area contributed by atoms with E-state index in [9.17, 15) is 13.2 Å². The zero-order valence-corrected chi connectivity index (χ0v) is 14.4. The topological polar surface area (TPSA) is 84.5 Å². The summed E-state index contributed by atoms with van der Waals surface area (Å²) in [4.78, 5) is 12.2. The number of rotatable bonds is 6. The molecule has 1 atom stereocenters. The van der Waals surface area contributed by atoms with E-state index in [-0.39, 0.29) is 11.3 Å². The van der Waals surface area contributed by atoms with Gasteiger partial charge in [0, 0.05) is 25.2 Å². The molecule has 1 fully saturated rings. The SMILES string of the molecule is CC(NS(C)(=O)=O)C(=O)NCC1(c2ccccc2)CCOCC1. The van der Waals surface area contributed by atoms with Gasteiger partial charge in [-0.05, 0) is 25.3 Å². The van der Waals surface area contributed by atoms with Gasteiger partial charge in [0.1, 0.15) is 0 Å². The lowest BCUT2D eigenvalue weighted by Crippen LogP contribution is -2.50. The van der Waals surface area contributed by atoms with Gasteiger partial charge in [0.05, 0.1) is 12.3 Å². The lowest BCUT2D eigenvalue weighted by atomic mass is 9.74. The Labute approximate surface area is 137 Å². The minimum atomic E-state index is -3.41. The Kier molecular flexibility index (Phi) is 5.78. The number of hydrogen-bond acceptors (Lipinski definition) is 4. The molecule has 1 aliphatic heterocycles. The molecule has 7 heteroatoms. The summed E-state index contributed by atoms with van der Waals surface area (Å²) in [6.45, 7) is 3.31. The van der Waals surface area contributed by atoms with Gasteiger partial charge in [0.2, 0.25) is 15.9 Å². The molecule has 0 radical (unpaired) electrons. The maximum atomic E-state index is 12.2. The van der Waals surface area contributed by atoms with Gasteiger partial charge in [-0.2, -0.15) is 0 Å². The van der Waals surface area contributed by atoms with E-state index in [2.05, 4.69) is 22.2 Å². The van der Waals surface area contributed by atoms with Gasteiger partial charge < -0.3 is 10.1 Å². The van der Waals surface area contributed by atoms with E-state index >= 15 is 0 Å². The van der Waals surface area contributed by atoms with Crippen LogP contribution in [0.1, 0.15) is 25.3 Å². The summed E-state index contributed by atoms with van der Waals surface area (Å²) < 4.78 is 30.2. The van der Waals surface area contributed by atoms with Crippen LogP contribution in [0.5, 0.6) is 0 Å². The van der Waals surface area contributed by atoms with E-state index in [1.807, 2.05) is 18.2 Å². The molecular formula is C16H24N2O4S. The second-order valence-corrected chi connectivity index (χ2v) is 7.87. The van der Waals surface area contributed by atoms with Gasteiger partial charge in [0.15, 0.2) is 0 Å². The average Bonchev–Trinajstić information content (AvgIpc) is 2.53. The number of hydrogen-bond donors (Lipinski definition) is 2. The highest BCUT2D eigenvalue weighted by atomic mass is 32.2. The maximum Gasteiger partial charge on any atom is 0.237 e. The molecule has 0 aliphatic carbocycles. The molecule has 6 nitrogen and oxygen atoms in total. The normalized spacial score (nSPS) is 19.0. The van der Waals surface area contributed by atoms with Crippen molar-refractivity contribution >= 4 is 15.9 Å². The fraction of sp³-hybridized carbons (Fsp3) is 0.562. The number of amides is 1. The minimum absolute atomic E-state index is 0.167. The summed E-state index contributed by atoms with van der Waals surface area (Å²) in [6, 6.07) is 9.28. The highest BCUT2D eigenvalue weighted by molar-refractivity contribution is 7.88. The van der Waals surface area contributed by atoms with Crippen molar-refractivity contribution in [2.45, 2.75) is 31.2 Å². The van der Waals surface area contributed by atoms with Crippen LogP contribution in [0.2, 0.25) is 0 Å². The first-order valence-corrected chi connectivity index (χ1v) is 9.60. The summed E-state index contributed by atoms with van der Waals surface area (Å²) in [6.07, 6.45) is 2.69. The van der Waals surface area contributed by atoms with E-state index in [0.29, 0.717) is 19.8 Å². The molecule has 23 heavy (non-hydrogen) atoms. The number of carbonyl (C=O) groups is 1. The van der Waals surface area contributed by atoms with Gasteiger partial charge in [-0.25, -0.2) is 13.1 Å². The van der Waals surface area contributed by atoms with E-state index in [1.165, 1.54) is 12.5 Å². The average molecular weight is 340 g/mol. The van der Waals surface area contributed by atoms with Gasteiger partial charge in [-0.1, -0.05) is 30.3 Å². The maximum absolute atomic E-state index is 12.2. The third-order valence-electron chi connectivity index (χ3n) is 4.22. The molecule has 0 aromatic heterocycles. The molecule has 0 saturated carbocycles. The molecule has 1 aliphatic rings. The molecule has 1 heterocycles. The standard InChI is InChI=1S/C16H24N2O4S/c1-13(18-23(2,20)21)15(19)17-12-16(8-10-22-11-9-16)14-6-4-3-5-7-14/h3-7,13,18H,8-12H2,1-2H3,(H,17,19). The molecule has 1 aromatic carbocycles. The van der Waals surface area contributed by atoms with Crippen LogP contribution in [0.3, 0.4) is 0 Å². The monoisotopic (exact) mass is 340 g/mol. The van der Waals surface area contributed by atoms with E-state index in [4.69, 9.17) is 4.74 Å². The first-order valence-electron chi connectivity index (χ1n) is 7.71. The van der Waals surface area contributed by atoms with E-state index in [1.54, 1.807) is 0 Å². The van der Waals surface area contributed by atoms with Crippen LogP contribution in [-0.2, 0) is 25.0 Å². The molecule has 1 amide bonds. The van der Waals surface area contributed by atoms with Crippen molar-refractivity contribution in [2.75, 3.05) is 26.0 Å². The summed E-state index contributed by atoms with van der Waals surface area (Å²) in [5.41, 5.74) is 1.01. The molecule has 1 unspecified atom stereocenters.